The summed E-state index contributed by atoms with van der Waals surface area (Å²) in [4.78, 5) is 45.5. The average Bonchev–Trinajstić information content (AvgIpc) is 2.53. The second-order valence-electron chi connectivity index (χ2n) is 5.79. The number of aliphatic hydroxyl groups is 1. The summed E-state index contributed by atoms with van der Waals surface area (Å²) in [5.41, 5.74) is 0. The molecule has 1 aliphatic heterocycles. The maximum atomic E-state index is 11.6. The van der Waals surface area contributed by atoms with Gasteiger partial charge in [0.05, 0.1) is 0 Å². The van der Waals surface area contributed by atoms with Gasteiger partial charge < -0.3 is 33.5 Å². The third kappa shape index (κ3) is 6.77. The molecule has 0 aromatic carbocycles. The van der Waals surface area contributed by atoms with Gasteiger partial charge >= 0.3 is 23.9 Å². The molecule has 1 aliphatic rings. The number of hydrogen-bond donors (Lipinski definition) is 1. The number of esters is 4. The Bertz CT molecular complexity index is 561. The van der Waals surface area contributed by atoms with E-state index in [4.69, 9.17) is 28.4 Å². The standard InChI is InChI=1S/C16H24O11/c1-7(17)23-6-11(22-5)12-13(24-8(2)18)14(25-9(3)19)15(16(21)27-12)26-10(4)20/h11-16,21H,6H2,1-5H3/t11-,12-,13-,14+,15-,16?/m1/s1. The van der Waals surface area contributed by atoms with E-state index in [1.807, 2.05) is 0 Å². The highest BCUT2D eigenvalue weighted by molar-refractivity contribution is 5.68. The first-order valence-electron chi connectivity index (χ1n) is 8.08. The summed E-state index contributed by atoms with van der Waals surface area (Å²) in [6.45, 7) is 4.20. The lowest BCUT2D eigenvalue weighted by Gasteiger charge is -2.44. The molecule has 154 valence electrons. The fraction of sp³-hybridized carbons (Fsp3) is 0.750. The maximum Gasteiger partial charge on any atom is 0.303 e. The Morgan fingerprint density at radius 3 is 1.78 bits per heavy atom. The second kappa shape index (κ2) is 10.2. The van der Waals surface area contributed by atoms with Crippen LogP contribution in [0.15, 0.2) is 0 Å². The van der Waals surface area contributed by atoms with E-state index in [1.54, 1.807) is 0 Å². The fourth-order valence-corrected chi connectivity index (χ4v) is 2.62. The van der Waals surface area contributed by atoms with Gasteiger partial charge in [-0.1, -0.05) is 0 Å². The Kier molecular flexibility index (Phi) is 8.60. The molecule has 1 unspecified atom stereocenters. The summed E-state index contributed by atoms with van der Waals surface area (Å²) in [7, 11) is 1.29. The Labute approximate surface area is 155 Å². The minimum absolute atomic E-state index is 0.286. The van der Waals surface area contributed by atoms with E-state index in [0.717, 1.165) is 20.8 Å². The van der Waals surface area contributed by atoms with Crippen LogP contribution in [0.1, 0.15) is 27.7 Å². The Balaban J connectivity index is 3.23. The molecule has 6 atom stereocenters. The van der Waals surface area contributed by atoms with Crippen molar-refractivity contribution >= 4 is 23.9 Å². The zero-order valence-corrected chi connectivity index (χ0v) is 15.7. The molecule has 11 heteroatoms. The molecule has 11 nitrogen and oxygen atoms in total. The summed E-state index contributed by atoms with van der Waals surface area (Å²) in [6.07, 6.45) is -8.02. The van der Waals surface area contributed by atoms with Gasteiger partial charge in [0, 0.05) is 34.8 Å². The number of aliphatic hydroxyl groups excluding tert-OH is 1. The monoisotopic (exact) mass is 392 g/mol. The van der Waals surface area contributed by atoms with Gasteiger partial charge in [0.1, 0.15) is 18.8 Å². The quantitative estimate of drug-likeness (QED) is 0.424. The smallest absolute Gasteiger partial charge is 0.303 e. The predicted octanol–water partition coefficient (Wildman–Crippen LogP) is -0.923. The second-order valence-corrected chi connectivity index (χ2v) is 5.79. The van der Waals surface area contributed by atoms with Gasteiger partial charge in [0.25, 0.3) is 0 Å². The maximum absolute atomic E-state index is 11.6. The highest BCUT2D eigenvalue weighted by Crippen LogP contribution is 2.30. The van der Waals surface area contributed by atoms with Gasteiger partial charge in [-0.3, -0.25) is 19.2 Å². The Hall–Kier alpha value is -2.24. The van der Waals surface area contributed by atoms with Crippen molar-refractivity contribution < 1.29 is 52.7 Å². The van der Waals surface area contributed by atoms with Crippen LogP contribution in [-0.2, 0) is 47.6 Å². The molecule has 0 spiro atoms. The van der Waals surface area contributed by atoms with E-state index in [9.17, 15) is 24.3 Å². The lowest BCUT2D eigenvalue weighted by atomic mass is 9.94. The number of carbonyl (C=O) groups excluding carboxylic acids is 4. The third-order valence-corrected chi connectivity index (χ3v) is 3.58. The molecular weight excluding hydrogens is 368 g/mol. The van der Waals surface area contributed by atoms with Crippen LogP contribution in [0.4, 0.5) is 0 Å². The van der Waals surface area contributed by atoms with E-state index in [0.29, 0.717) is 0 Å². The summed E-state index contributed by atoms with van der Waals surface area (Å²) in [5, 5.41) is 10.3. The molecule has 0 aromatic heterocycles. The van der Waals surface area contributed by atoms with Crippen LogP contribution in [-0.4, -0.2) is 79.5 Å². The molecule has 0 amide bonds. The number of methoxy groups -OCH3 is 1. The van der Waals surface area contributed by atoms with Crippen LogP contribution in [0.5, 0.6) is 0 Å². The molecular formula is C16H24O11. The van der Waals surface area contributed by atoms with E-state index in [1.165, 1.54) is 14.0 Å². The first kappa shape index (κ1) is 22.8. The van der Waals surface area contributed by atoms with Gasteiger partial charge in [-0.25, -0.2) is 0 Å². The van der Waals surface area contributed by atoms with Gasteiger partial charge in [0.2, 0.25) is 0 Å². The van der Waals surface area contributed by atoms with Crippen molar-refractivity contribution in [2.24, 2.45) is 0 Å². The van der Waals surface area contributed by atoms with Gasteiger partial charge in [-0.05, 0) is 0 Å². The highest BCUT2D eigenvalue weighted by atomic mass is 16.7. The highest BCUT2D eigenvalue weighted by Gasteiger charge is 2.53. The molecule has 27 heavy (non-hydrogen) atoms. The van der Waals surface area contributed by atoms with Crippen LogP contribution in [0.2, 0.25) is 0 Å². The van der Waals surface area contributed by atoms with E-state index < -0.39 is 60.7 Å². The molecule has 0 radical (unpaired) electrons. The van der Waals surface area contributed by atoms with Crippen LogP contribution in [0.25, 0.3) is 0 Å². The molecule has 1 heterocycles. The molecule has 0 aromatic rings. The lowest BCUT2D eigenvalue weighted by molar-refractivity contribution is -0.307. The zero-order valence-electron chi connectivity index (χ0n) is 15.7. The Morgan fingerprint density at radius 2 is 1.33 bits per heavy atom. The first-order valence-corrected chi connectivity index (χ1v) is 8.08. The van der Waals surface area contributed by atoms with Crippen molar-refractivity contribution in [1.82, 2.24) is 0 Å². The zero-order chi connectivity index (χ0) is 20.7. The molecule has 1 saturated heterocycles. The normalized spacial score (nSPS) is 28.6. The average molecular weight is 392 g/mol. The molecule has 0 saturated carbocycles. The van der Waals surface area contributed by atoms with Gasteiger partial charge in [-0.15, -0.1) is 0 Å². The largest absolute Gasteiger partial charge is 0.463 e. The van der Waals surface area contributed by atoms with Crippen molar-refractivity contribution in [3.05, 3.63) is 0 Å². The van der Waals surface area contributed by atoms with Crippen LogP contribution in [0.3, 0.4) is 0 Å². The lowest BCUT2D eigenvalue weighted by Crippen LogP contribution is -2.64. The van der Waals surface area contributed by atoms with E-state index in [2.05, 4.69) is 0 Å². The third-order valence-electron chi connectivity index (χ3n) is 3.58. The summed E-state index contributed by atoms with van der Waals surface area (Å²) in [6, 6.07) is 0. The number of hydrogen-bond acceptors (Lipinski definition) is 11. The predicted molar refractivity (Wildman–Crippen MR) is 85.0 cm³/mol. The first-order chi connectivity index (χ1) is 12.6. The molecule has 0 aliphatic carbocycles. The summed E-state index contributed by atoms with van der Waals surface area (Å²) < 4.78 is 30.8. The summed E-state index contributed by atoms with van der Waals surface area (Å²) >= 11 is 0. The minimum atomic E-state index is -1.72. The van der Waals surface area contributed by atoms with Gasteiger partial charge in [0.15, 0.2) is 24.6 Å². The van der Waals surface area contributed by atoms with E-state index in [-0.39, 0.29) is 6.61 Å². The number of ether oxygens (including phenoxy) is 6. The van der Waals surface area contributed by atoms with Gasteiger partial charge in [-0.2, -0.15) is 0 Å². The SMILES string of the molecule is CO[C@H](COC(C)=O)[C@H]1OC(O)[C@H](OC(C)=O)[C@@H](OC(C)=O)[C@@H]1OC(C)=O. The molecule has 1 N–H and O–H groups in total. The van der Waals surface area contributed by atoms with Crippen LogP contribution >= 0.6 is 0 Å². The van der Waals surface area contributed by atoms with E-state index >= 15 is 0 Å². The van der Waals surface area contributed by atoms with Crippen LogP contribution < -0.4 is 0 Å². The number of carbonyl (C=O) groups is 4. The van der Waals surface area contributed by atoms with Crippen molar-refractivity contribution in [3.8, 4) is 0 Å². The summed E-state index contributed by atoms with van der Waals surface area (Å²) in [5.74, 6) is -2.88. The topological polar surface area (TPSA) is 144 Å². The molecule has 1 rings (SSSR count). The van der Waals surface area contributed by atoms with Crippen molar-refractivity contribution in [1.29, 1.82) is 0 Å². The Morgan fingerprint density at radius 1 is 0.852 bits per heavy atom. The van der Waals surface area contributed by atoms with Crippen molar-refractivity contribution in [3.63, 3.8) is 0 Å². The van der Waals surface area contributed by atoms with Crippen molar-refractivity contribution in [2.45, 2.75) is 64.5 Å². The number of rotatable bonds is 7. The van der Waals surface area contributed by atoms with Crippen molar-refractivity contribution in [2.75, 3.05) is 13.7 Å². The minimum Gasteiger partial charge on any atom is -0.463 e. The molecule has 0 bridgehead atoms. The van der Waals surface area contributed by atoms with Crippen LogP contribution in [0, 0.1) is 0 Å². The molecule has 1 fully saturated rings. The fourth-order valence-electron chi connectivity index (χ4n) is 2.62.